The normalized spacial score (nSPS) is 19.5. The summed E-state index contributed by atoms with van der Waals surface area (Å²) in [5.74, 6) is 0.357. The van der Waals surface area contributed by atoms with Gasteiger partial charge in [-0.25, -0.2) is 4.79 Å². The summed E-state index contributed by atoms with van der Waals surface area (Å²) in [5.41, 5.74) is 0.770. The van der Waals surface area contributed by atoms with Crippen LogP contribution in [0.1, 0.15) is 38.2 Å². The van der Waals surface area contributed by atoms with E-state index in [4.69, 9.17) is 14.6 Å². The van der Waals surface area contributed by atoms with Gasteiger partial charge in [0.1, 0.15) is 0 Å². The summed E-state index contributed by atoms with van der Waals surface area (Å²) in [5, 5.41) is 11.7. The topological polar surface area (TPSA) is 84.9 Å². The van der Waals surface area contributed by atoms with E-state index in [1.54, 1.807) is 24.3 Å². The minimum atomic E-state index is -1.06. The van der Waals surface area contributed by atoms with Crippen LogP contribution >= 0.6 is 0 Å². The Labute approximate surface area is 176 Å². The van der Waals surface area contributed by atoms with Gasteiger partial charge in [-0.2, -0.15) is 0 Å². The third-order valence-electron chi connectivity index (χ3n) is 4.33. The standard InChI is InChI=1S/C19H25NO5.Na.H/c1-13-3-7-15(8-4-13)20-18(21)10-6-14-5-9-16(17(11-14)24-2)25-12-19(22)23;;/h5-6,9-11,13,15H,3-4,7-8,12H2,1-2H3,(H,20,21)(H,22,23);;. The molecule has 2 N–H and O–H groups in total. The van der Waals surface area contributed by atoms with Crippen molar-refractivity contribution < 1.29 is 24.2 Å². The molecule has 0 aromatic heterocycles. The first-order chi connectivity index (χ1) is 12.0. The first-order valence-electron chi connectivity index (χ1n) is 8.49. The van der Waals surface area contributed by atoms with Gasteiger partial charge < -0.3 is 19.9 Å². The minimum absolute atomic E-state index is 0. The van der Waals surface area contributed by atoms with Crippen molar-refractivity contribution >= 4 is 47.5 Å². The second-order valence-corrected chi connectivity index (χ2v) is 6.39. The van der Waals surface area contributed by atoms with Crippen molar-refractivity contribution in [1.29, 1.82) is 0 Å². The van der Waals surface area contributed by atoms with Crippen LogP contribution in [0.4, 0.5) is 0 Å². The Kier molecular flexibility index (Phi) is 9.76. The van der Waals surface area contributed by atoms with Crippen LogP contribution in [0, 0.1) is 5.92 Å². The summed E-state index contributed by atoms with van der Waals surface area (Å²) in [6.45, 7) is 1.81. The molecule has 1 aromatic carbocycles. The van der Waals surface area contributed by atoms with Crippen LogP contribution in [-0.4, -0.2) is 66.3 Å². The Morgan fingerprint density at radius 2 is 1.92 bits per heavy atom. The Hall–Kier alpha value is -1.50. The predicted octanol–water partition coefficient (Wildman–Crippen LogP) is 2.22. The van der Waals surface area contributed by atoms with Crippen molar-refractivity contribution in [1.82, 2.24) is 5.32 Å². The summed E-state index contributed by atoms with van der Waals surface area (Å²) in [7, 11) is 1.48. The molecular formula is C19H26NNaO5. The summed E-state index contributed by atoms with van der Waals surface area (Å²) < 4.78 is 10.4. The van der Waals surface area contributed by atoms with Gasteiger partial charge in [0, 0.05) is 12.1 Å². The molecule has 138 valence electrons. The number of rotatable bonds is 7. The van der Waals surface area contributed by atoms with Crippen LogP contribution in [0.2, 0.25) is 0 Å². The number of carboxylic acid groups (broad SMARTS) is 1. The fourth-order valence-electron chi connectivity index (χ4n) is 2.87. The second kappa shape index (κ2) is 11.3. The Bertz CT molecular complexity index is 639. The van der Waals surface area contributed by atoms with E-state index in [-0.39, 0.29) is 41.5 Å². The van der Waals surface area contributed by atoms with Crippen LogP contribution in [-0.2, 0) is 9.59 Å². The van der Waals surface area contributed by atoms with E-state index >= 15 is 0 Å². The van der Waals surface area contributed by atoms with Gasteiger partial charge in [0.05, 0.1) is 7.11 Å². The van der Waals surface area contributed by atoms with Crippen molar-refractivity contribution in [2.45, 2.75) is 38.6 Å². The van der Waals surface area contributed by atoms with Gasteiger partial charge >= 0.3 is 35.5 Å². The van der Waals surface area contributed by atoms with Gasteiger partial charge in [0.25, 0.3) is 0 Å². The van der Waals surface area contributed by atoms with Gasteiger partial charge in [0.2, 0.25) is 5.91 Å². The molecule has 0 unspecified atom stereocenters. The molecule has 0 radical (unpaired) electrons. The molecule has 1 fully saturated rings. The summed E-state index contributed by atoms with van der Waals surface area (Å²) in [6.07, 6.45) is 7.58. The van der Waals surface area contributed by atoms with E-state index in [9.17, 15) is 9.59 Å². The maximum atomic E-state index is 12.0. The van der Waals surface area contributed by atoms with E-state index in [0.29, 0.717) is 11.5 Å². The molecule has 2 rings (SSSR count). The van der Waals surface area contributed by atoms with Gasteiger partial charge in [0.15, 0.2) is 18.1 Å². The van der Waals surface area contributed by atoms with Crippen molar-refractivity contribution in [2.75, 3.05) is 13.7 Å². The average Bonchev–Trinajstić information content (AvgIpc) is 2.60. The number of hydrogen-bond donors (Lipinski definition) is 2. The summed E-state index contributed by atoms with van der Waals surface area (Å²) in [4.78, 5) is 22.6. The van der Waals surface area contributed by atoms with Crippen LogP contribution in [0.25, 0.3) is 6.08 Å². The third-order valence-corrected chi connectivity index (χ3v) is 4.33. The number of carboxylic acids is 1. The van der Waals surface area contributed by atoms with E-state index in [1.807, 2.05) is 0 Å². The molecule has 1 amide bonds. The number of carbonyl (C=O) groups is 2. The van der Waals surface area contributed by atoms with Crippen LogP contribution in [0.15, 0.2) is 24.3 Å². The van der Waals surface area contributed by atoms with E-state index in [2.05, 4.69) is 12.2 Å². The SMILES string of the molecule is COc1cc(C=CC(=O)NC2CCC(C)CC2)ccc1OCC(=O)O.[NaH]. The molecule has 0 heterocycles. The van der Waals surface area contributed by atoms with Gasteiger partial charge in [-0.15, -0.1) is 0 Å². The molecule has 1 saturated carbocycles. The van der Waals surface area contributed by atoms with Crippen molar-refractivity contribution in [3.8, 4) is 11.5 Å². The van der Waals surface area contributed by atoms with E-state index in [0.717, 1.165) is 37.2 Å². The number of carbonyl (C=O) groups excluding carboxylic acids is 1. The first-order valence-corrected chi connectivity index (χ1v) is 8.49. The Balaban J connectivity index is 0.00000338. The third kappa shape index (κ3) is 7.40. The molecule has 7 heteroatoms. The molecular weight excluding hydrogens is 345 g/mol. The fraction of sp³-hybridized carbons (Fsp3) is 0.474. The zero-order valence-corrected chi connectivity index (χ0v) is 14.7. The van der Waals surface area contributed by atoms with Gasteiger partial charge in [-0.05, 0) is 55.4 Å². The molecule has 0 spiro atoms. The van der Waals surface area contributed by atoms with Gasteiger partial charge in [-0.3, -0.25) is 4.79 Å². The average molecular weight is 371 g/mol. The van der Waals surface area contributed by atoms with Crippen molar-refractivity contribution in [3.63, 3.8) is 0 Å². The fourth-order valence-corrected chi connectivity index (χ4v) is 2.87. The number of amides is 1. The van der Waals surface area contributed by atoms with E-state index < -0.39 is 12.6 Å². The molecule has 6 nitrogen and oxygen atoms in total. The zero-order valence-electron chi connectivity index (χ0n) is 14.7. The molecule has 0 atom stereocenters. The Morgan fingerprint density at radius 1 is 1.23 bits per heavy atom. The summed E-state index contributed by atoms with van der Waals surface area (Å²) >= 11 is 0. The Morgan fingerprint density at radius 3 is 2.54 bits per heavy atom. The number of benzene rings is 1. The monoisotopic (exact) mass is 371 g/mol. The van der Waals surface area contributed by atoms with Gasteiger partial charge in [-0.1, -0.05) is 13.0 Å². The number of hydrogen-bond acceptors (Lipinski definition) is 4. The number of nitrogens with one attached hydrogen (secondary N) is 1. The quantitative estimate of drug-likeness (QED) is 0.567. The van der Waals surface area contributed by atoms with E-state index in [1.165, 1.54) is 13.2 Å². The van der Waals surface area contributed by atoms with Crippen LogP contribution in [0.3, 0.4) is 0 Å². The number of methoxy groups -OCH3 is 1. The molecule has 26 heavy (non-hydrogen) atoms. The molecule has 0 aliphatic heterocycles. The second-order valence-electron chi connectivity index (χ2n) is 6.39. The van der Waals surface area contributed by atoms with Crippen molar-refractivity contribution in [3.05, 3.63) is 29.8 Å². The first kappa shape index (κ1) is 22.5. The molecule has 1 aliphatic rings. The molecule has 0 bridgehead atoms. The molecule has 0 saturated heterocycles. The molecule has 1 aromatic rings. The van der Waals surface area contributed by atoms with Crippen LogP contribution < -0.4 is 14.8 Å². The predicted molar refractivity (Wildman–Crippen MR) is 102 cm³/mol. The number of ether oxygens (including phenoxy) is 2. The van der Waals surface area contributed by atoms with Crippen LogP contribution in [0.5, 0.6) is 11.5 Å². The molecule has 1 aliphatic carbocycles. The zero-order chi connectivity index (χ0) is 18.2. The number of aliphatic carboxylic acids is 1. The summed E-state index contributed by atoms with van der Waals surface area (Å²) in [6, 6.07) is 5.33. The van der Waals surface area contributed by atoms with Crippen molar-refractivity contribution in [2.24, 2.45) is 5.92 Å². The maximum absolute atomic E-state index is 12.0.